The Kier molecular flexibility index (Phi) is 6.53. The number of rotatable bonds is 7. The molecule has 1 unspecified atom stereocenters. The van der Waals surface area contributed by atoms with E-state index in [1.807, 2.05) is 43.3 Å². The molecule has 0 radical (unpaired) electrons. The number of aromatic nitrogens is 1. The van der Waals surface area contributed by atoms with E-state index < -0.39 is 10.0 Å². The lowest BCUT2D eigenvalue weighted by molar-refractivity contribution is 0.0984. The van der Waals surface area contributed by atoms with Gasteiger partial charge in [0, 0.05) is 46.9 Å². The summed E-state index contributed by atoms with van der Waals surface area (Å²) in [6.07, 6.45) is 0. The van der Waals surface area contributed by atoms with Crippen molar-refractivity contribution < 1.29 is 17.9 Å². The molecule has 0 bridgehead atoms. The maximum Gasteiger partial charge on any atom is 0.274 e. The molecule has 0 aliphatic carbocycles. The second-order valence-electron chi connectivity index (χ2n) is 9.50. The summed E-state index contributed by atoms with van der Waals surface area (Å²) in [7, 11) is 0.0815. The largest absolute Gasteiger partial charge is 0.492 e. The average molecular weight is 542 g/mol. The number of likely N-dealkylation sites (N-methyl/N-ethyl adjacent to an activating group) is 1. The number of carbonyl (C=O) groups is 1. The number of sulfonamides is 1. The van der Waals surface area contributed by atoms with Crippen LogP contribution in [0.4, 0.5) is 11.4 Å². The molecule has 0 fully saturated rings. The number of nitrogens with zero attached hydrogens (tertiary/aromatic N) is 2. The van der Waals surface area contributed by atoms with Crippen LogP contribution in [0.15, 0.2) is 53.4 Å². The number of halogens is 1. The van der Waals surface area contributed by atoms with Crippen LogP contribution < -0.4 is 20.5 Å². The number of H-pyrrole nitrogens is 1. The Labute approximate surface area is 220 Å². The van der Waals surface area contributed by atoms with E-state index in [0.29, 0.717) is 35.6 Å². The van der Waals surface area contributed by atoms with Gasteiger partial charge in [0.1, 0.15) is 18.1 Å². The first-order valence-electron chi connectivity index (χ1n) is 11.7. The van der Waals surface area contributed by atoms with Gasteiger partial charge >= 0.3 is 0 Å². The highest BCUT2D eigenvalue weighted by molar-refractivity contribution is 7.89. The molecule has 0 spiro atoms. The highest BCUT2D eigenvalue weighted by Gasteiger charge is 2.35. The van der Waals surface area contributed by atoms with Gasteiger partial charge in [-0.15, -0.1) is 11.6 Å². The number of nitrogens with one attached hydrogen (secondary N) is 1. The van der Waals surface area contributed by atoms with Crippen LogP contribution in [0, 0.1) is 0 Å². The number of hydrogen-bond acceptors (Lipinski definition) is 6. The molecule has 4 aromatic rings. The van der Waals surface area contributed by atoms with E-state index in [1.54, 1.807) is 17.0 Å². The van der Waals surface area contributed by atoms with Crippen LogP contribution in [0.3, 0.4) is 0 Å². The number of primary sulfonamides is 1. The summed E-state index contributed by atoms with van der Waals surface area (Å²) in [4.78, 5) is 20.6. The normalized spacial score (nSPS) is 15.6. The molecule has 1 aromatic heterocycles. The Hall–Kier alpha value is -3.31. The number of nitrogen functional groups attached to an aromatic ring is 1. The molecule has 3 aromatic carbocycles. The Morgan fingerprint density at radius 1 is 1.16 bits per heavy atom. The van der Waals surface area contributed by atoms with Crippen LogP contribution in [0.5, 0.6) is 5.75 Å². The quantitative estimate of drug-likeness (QED) is 0.242. The number of carbonyl (C=O) groups excluding carboxylic acids is 1. The van der Waals surface area contributed by atoms with Crippen LogP contribution in [-0.4, -0.2) is 63.9 Å². The molecule has 194 valence electrons. The average Bonchev–Trinajstić information content (AvgIpc) is 3.44. The van der Waals surface area contributed by atoms with E-state index in [1.165, 1.54) is 12.1 Å². The van der Waals surface area contributed by atoms with E-state index in [4.69, 9.17) is 27.2 Å². The van der Waals surface area contributed by atoms with Gasteiger partial charge in [-0.2, -0.15) is 0 Å². The number of hydrogen-bond donors (Lipinski definition) is 3. The fourth-order valence-corrected chi connectivity index (χ4v) is 5.59. The predicted octanol–water partition coefficient (Wildman–Crippen LogP) is 3.47. The number of anilines is 2. The lowest BCUT2D eigenvalue weighted by Gasteiger charge is -2.18. The van der Waals surface area contributed by atoms with Crippen molar-refractivity contribution in [2.24, 2.45) is 5.14 Å². The Morgan fingerprint density at radius 2 is 1.95 bits per heavy atom. The van der Waals surface area contributed by atoms with Gasteiger partial charge in [-0.1, -0.05) is 6.07 Å². The highest BCUT2D eigenvalue weighted by Crippen LogP contribution is 2.45. The van der Waals surface area contributed by atoms with Crippen molar-refractivity contribution in [2.45, 2.75) is 10.8 Å². The van der Waals surface area contributed by atoms with Crippen LogP contribution >= 0.6 is 11.6 Å². The Bertz CT molecular complexity index is 1630. The van der Waals surface area contributed by atoms with Crippen LogP contribution in [0.1, 0.15) is 22.0 Å². The summed E-state index contributed by atoms with van der Waals surface area (Å²) in [5, 5.41) is 7.49. The molecule has 2 heterocycles. The van der Waals surface area contributed by atoms with E-state index in [0.717, 1.165) is 34.1 Å². The van der Waals surface area contributed by atoms with Crippen LogP contribution in [-0.2, 0) is 10.0 Å². The van der Waals surface area contributed by atoms with Crippen LogP contribution in [0.25, 0.3) is 21.7 Å². The van der Waals surface area contributed by atoms with Crippen molar-refractivity contribution in [3.8, 4) is 5.75 Å². The van der Waals surface area contributed by atoms with Crippen molar-refractivity contribution in [3.63, 3.8) is 0 Å². The topological polar surface area (TPSA) is 135 Å². The third-order valence-electron chi connectivity index (χ3n) is 6.65. The summed E-state index contributed by atoms with van der Waals surface area (Å²) < 4.78 is 29.6. The molecule has 9 nitrogen and oxygen atoms in total. The van der Waals surface area contributed by atoms with Gasteiger partial charge in [-0.25, -0.2) is 13.6 Å². The van der Waals surface area contributed by atoms with Gasteiger partial charge in [0.2, 0.25) is 10.0 Å². The van der Waals surface area contributed by atoms with E-state index in [2.05, 4.69) is 4.98 Å². The minimum Gasteiger partial charge on any atom is -0.492 e. The molecular weight excluding hydrogens is 514 g/mol. The number of fused-ring (bicyclic) bond motifs is 4. The number of ether oxygens (including phenoxy) is 1. The van der Waals surface area contributed by atoms with Gasteiger partial charge < -0.3 is 25.3 Å². The zero-order valence-corrected chi connectivity index (χ0v) is 22.1. The first-order valence-corrected chi connectivity index (χ1v) is 13.8. The molecule has 1 aliphatic rings. The van der Waals surface area contributed by atoms with Gasteiger partial charge in [-0.05, 0) is 67.5 Å². The van der Waals surface area contributed by atoms with Gasteiger partial charge in [0.25, 0.3) is 5.91 Å². The smallest absolute Gasteiger partial charge is 0.274 e. The lowest BCUT2D eigenvalue weighted by Crippen LogP contribution is -2.30. The third-order valence-corrected chi connectivity index (χ3v) is 7.94. The molecule has 5 N–H and O–H groups in total. The molecule has 5 rings (SSSR count). The van der Waals surface area contributed by atoms with Gasteiger partial charge in [-0.3, -0.25) is 4.79 Å². The molecule has 1 atom stereocenters. The first kappa shape index (κ1) is 25.3. The number of nitrogens with two attached hydrogens (primary N) is 2. The maximum atomic E-state index is 13.7. The second kappa shape index (κ2) is 9.53. The zero-order valence-electron chi connectivity index (χ0n) is 20.5. The third kappa shape index (κ3) is 4.73. The van der Waals surface area contributed by atoms with Crippen molar-refractivity contribution in [1.82, 2.24) is 9.88 Å². The molecule has 11 heteroatoms. The zero-order chi connectivity index (χ0) is 26.5. The predicted molar refractivity (Wildman–Crippen MR) is 147 cm³/mol. The summed E-state index contributed by atoms with van der Waals surface area (Å²) in [5.41, 5.74) is 9.47. The van der Waals surface area contributed by atoms with Crippen molar-refractivity contribution in [3.05, 3.63) is 59.8 Å². The summed E-state index contributed by atoms with van der Waals surface area (Å²) in [6.45, 7) is 1.74. The lowest BCUT2D eigenvalue weighted by atomic mass is 9.95. The minimum absolute atomic E-state index is 0.0249. The molecule has 1 amide bonds. The minimum atomic E-state index is -3.89. The van der Waals surface area contributed by atoms with E-state index in [-0.39, 0.29) is 22.6 Å². The molecule has 0 saturated carbocycles. The fourth-order valence-electron chi connectivity index (χ4n) is 4.80. The summed E-state index contributed by atoms with van der Waals surface area (Å²) in [5.74, 6) is 0.664. The van der Waals surface area contributed by atoms with Crippen LogP contribution in [0.2, 0.25) is 0 Å². The maximum absolute atomic E-state index is 13.7. The highest BCUT2D eigenvalue weighted by atomic mass is 35.5. The van der Waals surface area contributed by atoms with Gasteiger partial charge in [0.15, 0.2) is 0 Å². The number of benzene rings is 3. The summed E-state index contributed by atoms with van der Waals surface area (Å²) in [6, 6.07) is 13.8. The molecular formula is C26H28ClN5O4S. The molecule has 0 saturated heterocycles. The summed E-state index contributed by atoms with van der Waals surface area (Å²) >= 11 is 6.33. The first-order chi connectivity index (χ1) is 17.6. The molecule has 1 aliphatic heterocycles. The number of aromatic amines is 1. The second-order valence-corrected chi connectivity index (χ2v) is 11.4. The SMILES string of the molecule is CN(C)CCOc1ccc2[nH]c(C(=O)N3CC(CCl)c4c3cc(N)c3cc(S(N)(=O)=O)ccc43)cc2c1. The van der Waals surface area contributed by atoms with Gasteiger partial charge in [0.05, 0.1) is 10.6 Å². The molecule has 37 heavy (non-hydrogen) atoms. The van der Waals surface area contributed by atoms with Crippen molar-refractivity contribution >= 4 is 60.6 Å². The van der Waals surface area contributed by atoms with Crippen molar-refractivity contribution in [2.75, 3.05) is 50.3 Å². The fraction of sp³-hybridized carbons (Fsp3) is 0.269. The monoisotopic (exact) mass is 541 g/mol. The van der Waals surface area contributed by atoms with E-state index in [9.17, 15) is 13.2 Å². The number of amides is 1. The number of alkyl halides is 1. The van der Waals surface area contributed by atoms with E-state index >= 15 is 0 Å². The Morgan fingerprint density at radius 3 is 2.65 bits per heavy atom. The van der Waals surface area contributed by atoms with Crippen molar-refractivity contribution in [1.29, 1.82) is 0 Å². The Balaban J connectivity index is 1.51. The standard InChI is InChI=1S/C26H28ClN5O4S/c1-31(2)7-8-36-17-3-6-22-15(9-17)10-23(30-22)26(33)32-14-16(13-27)25-19-5-4-18(37(29,34)35)11-20(19)21(28)12-24(25)32/h3-6,9-12,16,30H,7-8,13-14,28H2,1-2H3,(H2,29,34,35).